The lowest BCUT2D eigenvalue weighted by Gasteiger charge is -2.19. The summed E-state index contributed by atoms with van der Waals surface area (Å²) < 4.78 is 1.83. The van der Waals surface area contributed by atoms with Gasteiger partial charge in [0.15, 0.2) is 5.65 Å². The molecular weight excluding hydrogens is 276 g/mol. The lowest BCUT2D eigenvalue weighted by molar-refractivity contribution is 0.0990. The quantitative estimate of drug-likeness (QED) is 0.692. The molecule has 2 aromatic heterocycles. The van der Waals surface area contributed by atoms with Gasteiger partial charge in [-0.05, 0) is 30.5 Å². The Morgan fingerprint density at radius 2 is 2.09 bits per heavy atom. The van der Waals surface area contributed by atoms with Crippen molar-refractivity contribution in [1.29, 1.82) is 0 Å². The van der Waals surface area contributed by atoms with Crippen LogP contribution in [0.5, 0.6) is 0 Å². The standard InChI is InChI=1S/C17H16N4O/c1-11-4-3-5-12-7-9-21(15(11)12)17(22)13-6-8-18-16-14(13)19-10-20(16)2/h3-6,8,10H,7,9H2,1-2H3. The molecule has 0 saturated carbocycles. The maximum absolute atomic E-state index is 13.0. The van der Waals surface area contributed by atoms with E-state index in [1.54, 1.807) is 18.6 Å². The van der Waals surface area contributed by atoms with Crippen molar-refractivity contribution in [2.45, 2.75) is 13.3 Å². The normalized spacial score (nSPS) is 13.6. The van der Waals surface area contributed by atoms with Gasteiger partial charge in [-0.15, -0.1) is 0 Å². The zero-order valence-electron chi connectivity index (χ0n) is 12.6. The Bertz CT molecular complexity index is 897. The van der Waals surface area contributed by atoms with Gasteiger partial charge in [0.25, 0.3) is 5.91 Å². The van der Waals surface area contributed by atoms with Gasteiger partial charge in [-0.3, -0.25) is 4.79 Å². The van der Waals surface area contributed by atoms with Gasteiger partial charge >= 0.3 is 0 Å². The molecule has 4 rings (SSSR count). The lowest BCUT2D eigenvalue weighted by Crippen LogP contribution is -2.29. The summed E-state index contributed by atoms with van der Waals surface area (Å²) in [7, 11) is 1.88. The molecule has 0 aliphatic carbocycles. The Balaban J connectivity index is 1.83. The summed E-state index contributed by atoms with van der Waals surface area (Å²) >= 11 is 0. The van der Waals surface area contributed by atoms with Crippen molar-refractivity contribution >= 4 is 22.8 Å². The molecule has 0 atom stereocenters. The average molecular weight is 292 g/mol. The van der Waals surface area contributed by atoms with Crippen molar-refractivity contribution in [1.82, 2.24) is 14.5 Å². The van der Waals surface area contributed by atoms with Crippen molar-refractivity contribution in [2.75, 3.05) is 11.4 Å². The van der Waals surface area contributed by atoms with E-state index >= 15 is 0 Å². The fourth-order valence-corrected chi connectivity index (χ4v) is 3.20. The molecule has 5 nitrogen and oxygen atoms in total. The number of imidazole rings is 1. The van der Waals surface area contributed by atoms with Crippen LogP contribution in [-0.2, 0) is 13.5 Å². The highest BCUT2D eigenvalue weighted by Gasteiger charge is 2.28. The van der Waals surface area contributed by atoms with E-state index in [0.29, 0.717) is 11.1 Å². The first-order valence-electron chi connectivity index (χ1n) is 7.33. The van der Waals surface area contributed by atoms with Crippen LogP contribution in [0.2, 0.25) is 0 Å². The Kier molecular flexibility index (Phi) is 2.76. The Morgan fingerprint density at radius 1 is 1.23 bits per heavy atom. The van der Waals surface area contributed by atoms with E-state index in [1.165, 1.54) is 5.56 Å². The molecule has 5 heteroatoms. The van der Waals surface area contributed by atoms with Crippen LogP contribution < -0.4 is 4.90 Å². The van der Waals surface area contributed by atoms with E-state index in [9.17, 15) is 4.79 Å². The second-order valence-corrected chi connectivity index (χ2v) is 5.68. The Hall–Kier alpha value is -2.69. The first-order chi connectivity index (χ1) is 10.7. The number of amides is 1. The zero-order chi connectivity index (χ0) is 15.3. The second kappa shape index (κ2) is 4.66. The SMILES string of the molecule is Cc1cccc2c1N(C(=O)c1ccnc3c1ncn3C)CC2. The Morgan fingerprint density at radius 3 is 2.95 bits per heavy atom. The van der Waals surface area contributed by atoms with Crippen molar-refractivity contribution in [3.05, 3.63) is 53.5 Å². The summed E-state index contributed by atoms with van der Waals surface area (Å²) in [4.78, 5) is 23.5. The number of carbonyl (C=O) groups is 1. The van der Waals surface area contributed by atoms with Crippen LogP contribution in [0.25, 0.3) is 11.2 Å². The first kappa shape index (κ1) is 13.0. The number of rotatable bonds is 1. The molecule has 110 valence electrons. The number of pyridine rings is 1. The van der Waals surface area contributed by atoms with Crippen LogP contribution in [0.3, 0.4) is 0 Å². The highest BCUT2D eigenvalue weighted by atomic mass is 16.2. The number of anilines is 1. The lowest BCUT2D eigenvalue weighted by atomic mass is 10.1. The third-order valence-corrected chi connectivity index (χ3v) is 4.27. The zero-order valence-corrected chi connectivity index (χ0v) is 12.6. The number of aromatic nitrogens is 3. The summed E-state index contributed by atoms with van der Waals surface area (Å²) in [6.45, 7) is 2.77. The van der Waals surface area contributed by atoms with Crippen LogP contribution in [-0.4, -0.2) is 27.0 Å². The molecule has 22 heavy (non-hydrogen) atoms. The number of hydrogen-bond acceptors (Lipinski definition) is 3. The predicted octanol–water partition coefficient (Wildman–Crippen LogP) is 2.48. The number of fused-ring (bicyclic) bond motifs is 2. The monoisotopic (exact) mass is 292 g/mol. The van der Waals surface area contributed by atoms with Gasteiger partial charge in [0, 0.05) is 19.8 Å². The van der Waals surface area contributed by atoms with Crippen molar-refractivity contribution in [3.63, 3.8) is 0 Å². The van der Waals surface area contributed by atoms with E-state index in [-0.39, 0.29) is 5.91 Å². The fraction of sp³-hybridized carbons (Fsp3) is 0.235. The summed E-state index contributed by atoms with van der Waals surface area (Å²) in [5, 5.41) is 0. The number of para-hydroxylation sites is 1. The number of benzene rings is 1. The van der Waals surface area contributed by atoms with E-state index in [2.05, 4.69) is 16.0 Å². The van der Waals surface area contributed by atoms with Gasteiger partial charge in [-0.25, -0.2) is 9.97 Å². The number of aryl methyl sites for hydroxylation is 2. The van der Waals surface area contributed by atoms with Gasteiger partial charge in [-0.1, -0.05) is 18.2 Å². The predicted molar refractivity (Wildman–Crippen MR) is 85.1 cm³/mol. The fourth-order valence-electron chi connectivity index (χ4n) is 3.20. The van der Waals surface area contributed by atoms with E-state index in [0.717, 1.165) is 29.9 Å². The maximum Gasteiger partial charge on any atom is 0.260 e. The molecule has 0 spiro atoms. The third kappa shape index (κ3) is 1.75. The number of hydrogen-bond donors (Lipinski definition) is 0. The molecule has 0 bridgehead atoms. The molecule has 0 fully saturated rings. The molecule has 3 heterocycles. The summed E-state index contributed by atoms with van der Waals surface area (Å²) in [5.74, 6) is -0.000787. The van der Waals surface area contributed by atoms with Crippen molar-refractivity contribution in [3.8, 4) is 0 Å². The van der Waals surface area contributed by atoms with Crippen LogP contribution in [0.4, 0.5) is 5.69 Å². The van der Waals surface area contributed by atoms with Crippen molar-refractivity contribution in [2.24, 2.45) is 7.05 Å². The topological polar surface area (TPSA) is 51.0 Å². The molecule has 1 aromatic carbocycles. The second-order valence-electron chi connectivity index (χ2n) is 5.68. The third-order valence-electron chi connectivity index (χ3n) is 4.27. The molecule has 1 aliphatic heterocycles. The minimum atomic E-state index is -0.000787. The van der Waals surface area contributed by atoms with Gasteiger partial charge in [0.2, 0.25) is 0 Å². The highest BCUT2D eigenvalue weighted by molar-refractivity contribution is 6.13. The summed E-state index contributed by atoms with van der Waals surface area (Å²) in [6.07, 6.45) is 4.27. The maximum atomic E-state index is 13.0. The molecule has 0 radical (unpaired) electrons. The van der Waals surface area contributed by atoms with Gasteiger partial charge in [0.1, 0.15) is 5.52 Å². The number of nitrogens with zero attached hydrogens (tertiary/aromatic N) is 4. The minimum absolute atomic E-state index is 0.000787. The molecular formula is C17H16N4O. The van der Waals surface area contributed by atoms with Crippen LogP contribution in [0, 0.1) is 6.92 Å². The smallest absolute Gasteiger partial charge is 0.260 e. The van der Waals surface area contributed by atoms with Crippen LogP contribution in [0.1, 0.15) is 21.5 Å². The van der Waals surface area contributed by atoms with Crippen LogP contribution >= 0.6 is 0 Å². The summed E-state index contributed by atoms with van der Waals surface area (Å²) in [6, 6.07) is 7.95. The van der Waals surface area contributed by atoms with Crippen LogP contribution in [0.15, 0.2) is 36.8 Å². The molecule has 0 N–H and O–H groups in total. The van der Waals surface area contributed by atoms with E-state index in [4.69, 9.17) is 0 Å². The molecule has 1 aliphatic rings. The first-order valence-corrected chi connectivity index (χ1v) is 7.33. The largest absolute Gasteiger partial charge is 0.318 e. The number of carbonyl (C=O) groups excluding carboxylic acids is 1. The van der Waals surface area contributed by atoms with Gasteiger partial charge < -0.3 is 9.47 Å². The van der Waals surface area contributed by atoms with Gasteiger partial charge in [-0.2, -0.15) is 0 Å². The van der Waals surface area contributed by atoms with E-state index in [1.807, 2.05) is 35.6 Å². The minimum Gasteiger partial charge on any atom is -0.318 e. The van der Waals surface area contributed by atoms with Gasteiger partial charge in [0.05, 0.1) is 17.6 Å². The highest BCUT2D eigenvalue weighted by Crippen LogP contribution is 2.33. The average Bonchev–Trinajstić information content (AvgIpc) is 3.12. The molecule has 3 aromatic rings. The molecule has 0 unspecified atom stereocenters. The Labute approximate surface area is 128 Å². The summed E-state index contributed by atoms with van der Waals surface area (Å²) in [5.41, 5.74) is 5.43. The molecule has 0 saturated heterocycles. The van der Waals surface area contributed by atoms with E-state index < -0.39 is 0 Å². The van der Waals surface area contributed by atoms with Crippen molar-refractivity contribution < 1.29 is 4.79 Å². The molecule has 1 amide bonds.